The lowest BCUT2D eigenvalue weighted by Gasteiger charge is -2.36. The van der Waals surface area contributed by atoms with Gasteiger partial charge in [0.1, 0.15) is 0 Å². The molecular formula is C14H29N3O. The third-order valence-electron chi connectivity index (χ3n) is 4.03. The molecule has 0 aromatic rings. The summed E-state index contributed by atoms with van der Waals surface area (Å²) in [5.41, 5.74) is 11.2. The van der Waals surface area contributed by atoms with Gasteiger partial charge in [-0.2, -0.15) is 0 Å². The first-order valence-electron chi connectivity index (χ1n) is 7.45. The van der Waals surface area contributed by atoms with Gasteiger partial charge in [0.2, 0.25) is 5.91 Å². The van der Waals surface area contributed by atoms with E-state index in [1.54, 1.807) is 0 Å². The van der Waals surface area contributed by atoms with Gasteiger partial charge in [-0.05, 0) is 32.2 Å². The zero-order valence-electron chi connectivity index (χ0n) is 11.7. The standard InChI is InChI=1S/C14H29N3O/c1-2-13(14(16)18)17(11-7-10-15)12-8-5-3-4-6-9-12/h12-13H,2-11,15H2,1H3,(H2,16,18). The van der Waals surface area contributed by atoms with E-state index in [1.165, 1.54) is 38.5 Å². The van der Waals surface area contributed by atoms with Crippen molar-refractivity contribution < 1.29 is 4.79 Å². The Morgan fingerprint density at radius 3 is 2.33 bits per heavy atom. The highest BCUT2D eigenvalue weighted by molar-refractivity contribution is 5.79. The first-order valence-corrected chi connectivity index (χ1v) is 7.45. The Bertz CT molecular complexity index is 237. The minimum Gasteiger partial charge on any atom is -0.368 e. The van der Waals surface area contributed by atoms with E-state index in [2.05, 4.69) is 4.90 Å². The minimum atomic E-state index is -0.182. The Kier molecular flexibility index (Phi) is 7.28. The lowest BCUT2D eigenvalue weighted by molar-refractivity contribution is -0.124. The molecule has 1 unspecified atom stereocenters. The molecule has 0 spiro atoms. The van der Waals surface area contributed by atoms with Crippen LogP contribution in [-0.4, -0.2) is 36.0 Å². The van der Waals surface area contributed by atoms with Crippen molar-refractivity contribution in [3.05, 3.63) is 0 Å². The fourth-order valence-corrected chi connectivity index (χ4v) is 3.06. The molecule has 0 aliphatic heterocycles. The summed E-state index contributed by atoms with van der Waals surface area (Å²) in [5, 5.41) is 0. The zero-order chi connectivity index (χ0) is 13.4. The lowest BCUT2D eigenvalue weighted by Crippen LogP contribution is -2.50. The number of carbonyl (C=O) groups excluding carboxylic acids is 1. The molecule has 0 aromatic heterocycles. The Morgan fingerprint density at radius 1 is 1.28 bits per heavy atom. The molecule has 1 saturated carbocycles. The molecule has 0 saturated heterocycles. The maximum Gasteiger partial charge on any atom is 0.234 e. The Morgan fingerprint density at radius 2 is 1.89 bits per heavy atom. The van der Waals surface area contributed by atoms with E-state index in [9.17, 15) is 4.79 Å². The van der Waals surface area contributed by atoms with E-state index in [4.69, 9.17) is 11.5 Å². The Labute approximate surface area is 111 Å². The van der Waals surface area contributed by atoms with Gasteiger partial charge in [0.25, 0.3) is 0 Å². The van der Waals surface area contributed by atoms with Gasteiger partial charge in [0.05, 0.1) is 6.04 Å². The molecular weight excluding hydrogens is 226 g/mol. The van der Waals surface area contributed by atoms with E-state index in [0.717, 1.165) is 19.4 Å². The van der Waals surface area contributed by atoms with Crippen LogP contribution >= 0.6 is 0 Å². The fourth-order valence-electron chi connectivity index (χ4n) is 3.06. The van der Waals surface area contributed by atoms with Crippen LogP contribution in [-0.2, 0) is 4.79 Å². The van der Waals surface area contributed by atoms with Crippen molar-refractivity contribution in [2.24, 2.45) is 11.5 Å². The zero-order valence-corrected chi connectivity index (χ0v) is 11.7. The molecule has 1 fully saturated rings. The van der Waals surface area contributed by atoms with Crippen LogP contribution in [0.15, 0.2) is 0 Å². The van der Waals surface area contributed by atoms with E-state index >= 15 is 0 Å². The van der Waals surface area contributed by atoms with Crippen molar-refractivity contribution in [2.45, 2.75) is 70.4 Å². The first-order chi connectivity index (χ1) is 8.70. The summed E-state index contributed by atoms with van der Waals surface area (Å²) in [5.74, 6) is -0.182. The molecule has 1 aliphatic carbocycles. The highest BCUT2D eigenvalue weighted by Crippen LogP contribution is 2.24. The van der Waals surface area contributed by atoms with Crippen LogP contribution < -0.4 is 11.5 Å². The maximum atomic E-state index is 11.6. The number of amides is 1. The number of nitrogens with two attached hydrogens (primary N) is 2. The average molecular weight is 255 g/mol. The number of hydrogen-bond acceptors (Lipinski definition) is 3. The van der Waals surface area contributed by atoms with Crippen LogP contribution in [0.1, 0.15) is 58.3 Å². The van der Waals surface area contributed by atoms with Crippen LogP contribution in [0.3, 0.4) is 0 Å². The molecule has 1 rings (SSSR count). The predicted octanol–water partition coefficient (Wildman–Crippen LogP) is 1.62. The summed E-state index contributed by atoms with van der Waals surface area (Å²) < 4.78 is 0. The van der Waals surface area contributed by atoms with Crippen molar-refractivity contribution in [3.63, 3.8) is 0 Å². The summed E-state index contributed by atoms with van der Waals surface area (Å²) in [6, 6.07) is 0.413. The van der Waals surface area contributed by atoms with Crippen molar-refractivity contribution in [1.29, 1.82) is 0 Å². The SMILES string of the molecule is CCC(C(N)=O)N(CCCN)C1CCCCCC1. The monoisotopic (exact) mass is 255 g/mol. The lowest BCUT2D eigenvalue weighted by atomic mass is 10.0. The molecule has 18 heavy (non-hydrogen) atoms. The molecule has 4 nitrogen and oxygen atoms in total. The Hall–Kier alpha value is -0.610. The van der Waals surface area contributed by atoms with E-state index in [0.29, 0.717) is 12.6 Å². The van der Waals surface area contributed by atoms with E-state index in [1.807, 2.05) is 6.92 Å². The van der Waals surface area contributed by atoms with Crippen molar-refractivity contribution >= 4 is 5.91 Å². The predicted molar refractivity (Wildman–Crippen MR) is 75.1 cm³/mol. The number of carbonyl (C=O) groups is 1. The van der Waals surface area contributed by atoms with Crippen molar-refractivity contribution in [1.82, 2.24) is 4.90 Å². The third-order valence-corrected chi connectivity index (χ3v) is 4.03. The van der Waals surface area contributed by atoms with Crippen LogP contribution in [0.5, 0.6) is 0 Å². The highest BCUT2D eigenvalue weighted by atomic mass is 16.1. The summed E-state index contributed by atoms with van der Waals surface area (Å²) in [6.45, 7) is 3.63. The minimum absolute atomic E-state index is 0.111. The average Bonchev–Trinajstić information content (AvgIpc) is 2.62. The van der Waals surface area contributed by atoms with Gasteiger partial charge in [0.15, 0.2) is 0 Å². The summed E-state index contributed by atoms with van der Waals surface area (Å²) in [7, 11) is 0. The second-order valence-corrected chi connectivity index (χ2v) is 5.35. The van der Waals surface area contributed by atoms with Gasteiger partial charge in [0, 0.05) is 12.6 Å². The van der Waals surface area contributed by atoms with Gasteiger partial charge in [-0.3, -0.25) is 9.69 Å². The van der Waals surface area contributed by atoms with Gasteiger partial charge < -0.3 is 11.5 Å². The number of rotatable bonds is 7. The van der Waals surface area contributed by atoms with Gasteiger partial charge in [-0.15, -0.1) is 0 Å². The molecule has 1 amide bonds. The second-order valence-electron chi connectivity index (χ2n) is 5.35. The van der Waals surface area contributed by atoms with Gasteiger partial charge in [-0.1, -0.05) is 32.6 Å². The van der Waals surface area contributed by atoms with Crippen LogP contribution in [0.25, 0.3) is 0 Å². The summed E-state index contributed by atoms with van der Waals surface area (Å²) >= 11 is 0. The molecule has 4 N–H and O–H groups in total. The fraction of sp³-hybridized carbons (Fsp3) is 0.929. The third kappa shape index (κ3) is 4.58. The van der Waals surface area contributed by atoms with E-state index < -0.39 is 0 Å². The van der Waals surface area contributed by atoms with Crippen LogP contribution in [0, 0.1) is 0 Å². The number of nitrogens with zero attached hydrogens (tertiary/aromatic N) is 1. The van der Waals surface area contributed by atoms with Crippen molar-refractivity contribution in [3.8, 4) is 0 Å². The van der Waals surface area contributed by atoms with Gasteiger partial charge in [-0.25, -0.2) is 0 Å². The molecule has 4 heteroatoms. The number of primary amides is 1. The van der Waals surface area contributed by atoms with E-state index in [-0.39, 0.29) is 11.9 Å². The molecule has 0 heterocycles. The van der Waals surface area contributed by atoms with Gasteiger partial charge >= 0.3 is 0 Å². The summed E-state index contributed by atoms with van der Waals surface area (Å²) in [4.78, 5) is 13.9. The van der Waals surface area contributed by atoms with Crippen LogP contribution in [0.4, 0.5) is 0 Å². The molecule has 0 bridgehead atoms. The maximum absolute atomic E-state index is 11.6. The molecule has 0 radical (unpaired) electrons. The second kappa shape index (κ2) is 8.48. The topological polar surface area (TPSA) is 72.4 Å². The molecule has 0 aromatic carbocycles. The summed E-state index contributed by atoms with van der Waals surface area (Å²) in [6.07, 6.45) is 9.36. The quantitative estimate of drug-likeness (QED) is 0.679. The first kappa shape index (κ1) is 15.4. The normalized spacial score (nSPS) is 19.7. The molecule has 1 atom stereocenters. The largest absolute Gasteiger partial charge is 0.368 e. The van der Waals surface area contributed by atoms with Crippen molar-refractivity contribution in [2.75, 3.05) is 13.1 Å². The molecule has 106 valence electrons. The highest BCUT2D eigenvalue weighted by Gasteiger charge is 2.28. The Balaban J connectivity index is 2.70. The van der Waals surface area contributed by atoms with Crippen LogP contribution in [0.2, 0.25) is 0 Å². The smallest absolute Gasteiger partial charge is 0.234 e. The number of hydrogen-bond donors (Lipinski definition) is 2. The molecule has 1 aliphatic rings.